The Bertz CT molecular complexity index is 651. The van der Waals surface area contributed by atoms with Gasteiger partial charge < -0.3 is 20.7 Å². The van der Waals surface area contributed by atoms with Crippen molar-refractivity contribution in [2.75, 3.05) is 26.2 Å². The van der Waals surface area contributed by atoms with Crippen LogP contribution >= 0.6 is 11.6 Å². The number of nitrogens with two attached hydrogens (primary N) is 1. The number of rotatable bonds is 8. The van der Waals surface area contributed by atoms with Gasteiger partial charge in [-0.3, -0.25) is 9.59 Å². The Hall–Kier alpha value is -1.79. The molecule has 7 heteroatoms. The molecule has 1 unspecified atom stereocenters. The Morgan fingerprint density at radius 1 is 1.41 bits per heavy atom. The number of benzene rings is 1. The molecule has 1 heterocycles. The molecule has 1 atom stereocenters. The first kappa shape index (κ1) is 21.5. The molecule has 0 bridgehead atoms. The van der Waals surface area contributed by atoms with E-state index in [1.165, 1.54) is 0 Å². The van der Waals surface area contributed by atoms with Crippen molar-refractivity contribution in [3.63, 3.8) is 0 Å². The number of ether oxygens (including phenoxy) is 1. The molecule has 0 radical (unpaired) electrons. The largest absolute Gasteiger partial charge is 0.491 e. The van der Waals surface area contributed by atoms with Crippen molar-refractivity contribution in [1.82, 2.24) is 10.2 Å². The van der Waals surface area contributed by atoms with E-state index >= 15 is 0 Å². The van der Waals surface area contributed by atoms with Crippen LogP contribution in [0.15, 0.2) is 18.2 Å². The molecule has 2 rings (SSSR count). The summed E-state index contributed by atoms with van der Waals surface area (Å²) in [7, 11) is 0. The van der Waals surface area contributed by atoms with Gasteiger partial charge in [-0.05, 0) is 43.4 Å². The molecule has 0 aromatic heterocycles. The zero-order valence-electron chi connectivity index (χ0n) is 16.2. The maximum absolute atomic E-state index is 12.8. The highest BCUT2D eigenvalue weighted by Gasteiger charge is 2.24. The second kappa shape index (κ2) is 10.5. The van der Waals surface area contributed by atoms with Crippen molar-refractivity contribution in [1.29, 1.82) is 0 Å². The van der Waals surface area contributed by atoms with E-state index in [9.17, 15) is 9.59 Å². The van der Waals surface area contributed by atoms with Gasteiger partial charge in [-0.25, -0.2) is 0 Å². The molecule has 0 saturated carbocycles. The van der Waals surface area contributed by atoms with E-state index in [1.807, 2.05) is 4.90 Å². The molecule has 3 N–H and O–H groups in total. The average Bonchev–Trinajstić information content (AvgIpc) is 2.80. The monoisotopic (exact) mass is 395 g/mol. The third kappa shape index (κ3) is 6.70. The van der Waals surface area contributed by atoms with Gasteiger partial charge in [0.05, 0.1) is 5.56 Å². The number of halogens is 1. The maximum Gasteiger partial charge on any atom is 0.255 e. The van der Waals surface area contributed by atoms with E-state index in [0.717, 1.165) is 19.4 Å². The van der Waals surface area contributed by atoms with Gasteiger partial charge in [0.2, 0.25) is 5.91 Å². The first-order chi connectivity index (χ1) is 12.9. The summed E-state index contributed by atoms with van der Waals surface area (Å²) < 4.78 is 5.56. The van der Waals surface area contributed by atoms with Crippen LogP contribution in [0.3, 0.4) is 0 Å². The van der Waals surface area contributed by atoms with Gasteiger partial charge in [0.1, 0.15) is 12.4 Å². The van der Waals surface area contributed by atoms with E-state index < -0.39 is 0 Å². The molecule has 1 aromatic rings. The molecule has 1 saturated heterocycles. The highest BCUT2D eigenvalue weighted by molar-refractivity contribution is 6.31. The van der Waals surface area contributed by atoms with Crippen molar-refractivity contribution >= 4 is 23.4 Å². The quantitative estimate of drug-likeness (QED) is 0.708. The molecular weight excluding hydrogens is 366 g/mol. The fourth-order valence-corrected chi connectivity index (χ4v) is 3.24. The highest BCUT2D eigenvalue weighted by Crippen LogP contribution is 2.24. The third-order valence-corrected chi connectivity index (χ3v) is 4.92. The Morgan fingerprint density at radius 3 is 2.89 bits per heavy atom. The highest BCUT2D eigenvalue weighted by atomic mass is 35.5. The zero-order chi connectivity index (χ0) is 19.8. The minimum absolute atomic E-state index is 0.0492. The minimum Gasteiger partial charge on any atom is -0.491 e. The van der Waals surface area contributed by atoms with E-state index in [-0.39, 0.29) is 17.9 Å². The summed E-state index contributed by atoms with van der Waals surface area (Å²) in [5.74, 6) is 0.955. The zero-order valence-corrected chi connectivity index (χ0v) is 16.9. The van der Waals surface area contributed by atoms with Crippen LogP contribution in [0, 0.1) is 5.92 Å². The SMILES string of the molecule is CC(C)CCN1CCC(NC(=O)c2cc(Cl)ccc2OCCN)CCC1=O. The lowest BCUT2D eigenvalue weighted by Gasteiger charge is -2.22. The first-order valence-corrected chi connectivity index (χ1v) is 9.99. The summed E-state index contributed by atoms with van der Waals surface area (Å²) in [5, 5.41) is 3.51. The summed E-state index contributed by atoms with van der Waals surface area (Å²) in [6.07, 6.45) is 2.83. The average molecular weight is 396 g/mol. The Balaban J connectivity index is 1.99. The standard InChI is InChI=1S/C20H30ClN3O3/c1-14(2)7-10-24-11-8-16(4-6-19(24)25)23-20(26)17-13-15(21)3-5-18(17)27-12-9-22/h3,5,13-14,16H,4,6-12,22H2,1-2H3,(H,23,26). The van der Waals surface area contributed by atoms with Crippen LogP contribution in [0.5, 0.6) is 5.75 Å². The third-order valence-electron chi connectivity index (χ3n) is 4.68. The van der Waals surface area contributed by atoms with E-state index in [1.54, 1.807) is 18.2 Å². The first-order valence-electron chi connectivity index (χ1n) is 9.61. The molecule has 1 aromatic carbocycles. The van der Waals surface area contributed by atoms with Crippen molar-refractivity contribution in [2.24, 2.45) is 11.7 Å². The summed E-state index contributed by atoms with van der Waals surface area (Å²) in [6, 6.07) is 4.91. The van der Waals surface area contributed by atoms with Crippen LogP contribution in [0.25, 0.3) is 0 Å². The van der Waals surface area contributed by atoms with Crippen molar-refractivity contribution < 1.29 is 14.3 Å². The van der Waals surface area contributed by atoms with Gasteiger partial charge in [-0.15, -0.1) is 0 Å². The molecule has 1 fully saturated rings. The molecular formula is C20H30ClN3O3. The van der Waals surface area contributed by atoms with Gasteiger partial charge in [0.25, 0.3) is 5.91 Å². The Kier molecular flexibility index (Phi) is 8.38. The van der Waals surface area contributed by atoms with Gasteiger partial charge >= 0.3 is 0 Å². The van der Waals surface area contributed by atoms with Crippen LogP contribution in [0.1, 0.15) is 49.9 Å². The molecule has 6 nitrogen and oxygen atoms in total. The normalized spacial score (nSPS) is 17.7. The van der Waals surface area contributed by atoms with Crippen molar-refractivity contribution in [3.8, 4) is 5.75 Å². The smallest absolute Gasteiger partial charge is 0.255 e. The predicted molar refractivity (Wildman–Crippen MR) is 107 cm³/mol. The summed E-state index contributed by atoms with van der Waals surface area (Å²) in [4.78, 5) is 27.0. The van der Waals surface area contributed by atoms with Crippen LogP contribution in [0.4, 0.5) is 0 Å². The molecule has 0 spiro atoms. The van der Waals surface area contributed by atoms with Gasteiger partial charge in [0, 0.05) is 37.1 Å². The van der Waals surface area contributed by atoms with Crippen LogP contribution < -0.4 is 15.8 Å². The number of nitrogens with one attached hydrogen (secondary N) is 1. The number of carbonyl (C=O) groups is 2. The second-order valence-corrected chi connectivity index (χ2v) is 7.78. The van der Waals surface area contributed by atoms with Gasteiger partial charge in [-0.1, -0.05) is 25.4 Å². The maximum atomic E-state index is 12.8. The number of carbonyl (C=O) groups excluding carboxylic acids is 2. The molecule has 150 valence electrons. The van der Waals surface area contributed by atoms with Crippen LogP contribution in [-0.2, 0) is 4.79 Å². The lowest BCUT2D eigenvalue weighted by atomic mass is 10.1. The van der Waals surface area contributed by atoms with Crippen LogP contribution in [-0.4, -0.2) is 49.0 Å². The minimum atomic E-state index is -0.238. The number of amides is 2. The fraction of sp³-hybridized carbons (Fsp3) is 0.600. The van der Waals surface area contributed by atoms with Gasteiger partial charge in [-0.2, -0.15) is 0 Å². The summed E-state index contributed by atoms with van der Waals surface area (Å²) in [6.45, 7) is 6.44. The number of likely N-dealkylation sites (tertiary alicyclic amines) is 1. The summed E-state index contributed by atoms with van der Waals surface area (Å²) in [5.41, 5.74) is 5.87. The second-order valence-electron chi connectivity index (χ2n) is 7.34. The lowest BCUT2D eigenvalue weighted by Crippen LogP contribution is -2.36. The number of nitrogens with zero attached hydrogens (tertiary/aromatic N) is 1. The molecule has 0 aliphatic carbocycles. The van der Waals surface area contributed by atoms with Crippen molar-refractivity contribution in [3.05, 3.63) is 28.8 Å². The number of hydrogen-bond acceptors (Lipinski definition) is 4. The summed E-state index contributed by atoms with van der Waals surface area (Å²) >= 11 is 6.05. The fourth-order valence-electron chi connectivity index (χ4n) is 3.07. The van der Waals surface area contributed by atoms with E-state index in [2.05, 4.69) is 19.2 Å². The molecule has 27 heavy (non-hydrogen) atoms. The topological polar surface area (TPSA) is 84.7 Å². The van der Waals surface area contributed by atoms with Crippen LogP contribution in [0.2, 0.25) is 5.02 Å². The Morgan fingerprint density at radius 2 is 2.19 bits per heavy atom. The molecule has 1 aliphatic heterocycles. The van der Waals surface area contributed by atoms with E-state index in [4.69, 9.17) is 22.1 Å². The van der Waals surface area contributed by atoms with E-state index in [0.29, 0.717) is 54.8 Å². The number of hydrogen-bond donors (Lipinski definition) is 2. The molecule has 1 aliphatic rings. The van der Waals surface area contributed by atoms with Gasteiger partial charge in [0.15, 0.2) is 0 Å². The predicted octanol–water partition coefficient (Wildman–Crippen LogP) is 2.83. The Labute approximate surface area is 166 Å². The molecule has 2 amide bonds. The lowest BCUT2D eigenvalue weighted by molar-refractivity contribution is -0.130. The van der Waals surface area contributed by atoms with Crippen molar-refractivity contribution in [2.45, 2.75) is 45.6 Å².